The Morgan fingerprint density at radius 1 is 1.06 bits per heavy atom. The van der Waals surface area contributed by atoms with Crippen molar-refractivity contribution in [3.05, 3.63) is 29.8 Å². The fourth-order valence-corrected chi connectivity index (χ4v) is 2.04. The van der Waals surface area contributed by atoms with Gasteiger partial charge in [0.15, 0.2) is 0 Å². The monoisotopic (exact) mass is 362 g/mol. The maximum absolute atomic E-state index is 5.69. The van der Waals surface area contributed by atoms with Crippen molar-refractivity contribution in [3.63, 3.8) is 0 Å². The smallest absolute Gasteiger partial charge is 0.119 e. The van der Waals surface area contributed by atoms with E-state index in [-0.39, 0.29) is 0 Å². The van der Waals surface area contributed by atoms with Crippen molar-refractivity contribution in [3.8, 4) is 5.75 Å². The first-order valence-electron chi connectivity index (χ1n) is 6.01. The van der Waals surface area contributed by atoms with E-state index in [2.05, 4.69) is 64.8 Å². The van der Waals surface area contributed by atoms with Crippen molar-refractivity contribution in [1.29, 1.82) is 0 Å². The minimum Gasteiger partial charge on any atom is -0.494 e. The van der Waals surface area contributed by atoms with Crippen LogP contribution in [0.1, 0.15) is 37.6 Å². The Bertz CT molecular complexity index is 319. The third-order valence-electron chi connectivity index (χ3n) is 2.57. The number of halogens is 2. The van der Waals surface area contributed by atoms with E-state index in [0.29, 0.717) is 15.6 Å². The Hall–Kier alpha value is -0.0200. The van der Waals surface area contributed by atoms with Gasteiger partial charge in [-0.05, 0) is 30.0 Å². The molecule has 17 heavy (non-hydrogen) atoms. The molecule has 0 heterocycles. The quantitative estimate of drug-likeness (QED) is 0.620. The summed E-state index contributed by atoms with van der Waals surface area (Å²) < 4.78 is 5.69. The number of alkyl halides is 2. The molecule has 1 aromatic carbocycles. The molecule has 3 heteroatoms. The van der Waals surface area contributed by atoms with E-state index in [1.807, 2.05) is 12.1 Å². The molecule has 0 amide bonds. The third kappa shape index (κ3) is 5.43. The lowest BCUT2D eigenvalue weighted by molar-refractivity contribution is 0.289. The van der Waals surface area contributed by atoms with E-state index in [1.165, 1.54) is 5.56 Å². The van der Waals surface area contributed by atoms with Crippen molar-refractivity contribution >= 4 is 31.9 Å². The van der Waals surface area contributed by atoms with Gasteiger partial charge in [-0.15, -0.1) is 0 Å². The first-order valence-corrected chi connectivity index (χ1v) is 7.84. The zero-order valence-corrected chi connectivity index (χ0v) is 13.8. The molecule has 0 aliphatic rings. The van der Waals surface area contributed by atoms with Crippen LogP contribution in [-0.2, 0) is 0 Å². The molecule has 0 fully saturated rings. The maximum atomic E-state index is 5.69. The summed E-state index contributed by atoms with van der Waals surface area (Å²) >= 11 is 7.23. The number of hydrogen-bond acceptors (Lipinski definition) is 1. The fourth-order valence-electron chi connectivity index (χ4n) is 1.43. The van der Waals surface area contributed by atoms with Gasteiger partial charge >= 0.3 is 0 Å². The summed E-state index contributed by atoms with van der Waals surface area (Å²) in [6.45, 7) is 7.34. The van der Waals surface area contributed by atoms with Gasteiger partial charge in [0, 0.05) is 4.83 Å². The first-order chi connectivity index (χ1) is 8.00. The highest BCUT2D eigenvalue weighted by Gasteiger charge is 2.12. The van der Waals surface area contributed by atoms with Crippen molar-refractivity contribution in [2.24, 2.45) is 5.92 Å². The van der Waals surface area contributed by atoms with E-state index < -0.39 is 0 Å². The summed E-state index contributed by atoms with van der Waals surface area (Å²) in [5, 5.41) is 0. The highest BCUT2D eigenvalue weighted by molar-refractivity contribution is 9.12. The standard InChI is InChI=1S/C14H20Br2O/c1-10(2)8-9-17-13-6-4-12(5-7-13)14(16)11(3)15/h4-7,10-11,14H,8-9H2,1-3H3. The molecule has 0 N–H and O–H groups in total. The van der Waals surface area contributed by atoms with Gasteiger partial charge in [-0.3, -0.25) is 0 Å². The summed E-state index contributed by atoms with van der Waals surface area (Å²) in [4.78, 5) is 0.752. The first kappa shape index (κ1) is 15.0. The van der Waals surface area contributed by atoms with Gasteiger partial charge in [-0.25, -0.2) is 0 Å². The van der Waals surface area contributed by atoms with Crippen molar-refractivity contribution in [2.75, 3.05) is 6.61 Å². The van der Waals surface area contributed by atoms with E-state index in [1.54, 1.807) is 0 Å². The minimum atomic E-state index is 0.340. The highest BCUT2D eigenvalue weighted by atomic mass is 79.9. The summed E-state index contributed by atoms with van der Waals surface area (Å²) in [6.07, 6.45) is 1.10. The summed E-state index contributed by atoms with van der Waals surface area (Å²) in [6, 6.07) is 8.31. The lowest BCUT2D eigenvalue weighted by Gasteiger charge is -2.13. The zero-order chi connectivity index (χ0) is 12.8. The molecule has 0 aliphatic carbocycles. The molecule has 0 bridgehead atoms. The summed E-state index contributed by atoms with van der Waals surface area (Å²) in [5.74, 6) is 1.65. The fraction of sp³-hybridized carbons (Fsp3) is 0.571. The molecule has 2 unspecified atom stereocenters. The molecule has 0 aromatic heterocycles. The van der Waals surface area contributed by atoms with Gasteiger partial charge in [-0.1, -0.05) is 64.8 Å². The second-order valence-corrected chi connectivity index (χ2v) is 7.11. The van der Waals surface area contributed by atoms with Crippen LogP contribution in [0.4, 0.5) is 0 Å². The Morgan fingerprint density at radius 3 is 2.12 bits per heavy atom. The second-order valence-electron chi connectivity index (χ2n) is 4.68. The van der Waals surface area contributed by atoms with E-state index in [9.17, 15) is 0 Å². The zero-order valence-electron chi connectivity index (χ0n) is 10.6. The van der Waals surface area contributed by atoms with Crippen molar-refractivity contribution in [1.82, 2.24) is 0 Å². The SMILES string of the molecule is CC(C)CCOc1ccc(C(Br)C(C)Br)cc1. The van der Waals surface area contributed by atoms with Gasteiger partial charge in [0.1, 0.15) is 5.75 Å². The second kappa shape index (κ2) is 7.42. The van der Waals surface area contributed by atoms with Gasteiger partial charge in [-0.2, -0.15) is 0 Å². The summed E-state index contributed by atoms with van der Waals surface area (Å²) in [5.41, 5.74) is 1.27. The van der Waals surface area contributed by atoms with Crippen LogP contribution in [0.25, 0.3) is 0 Å². The molecule has 0 radical (unpaired) electrons. The van der Waals surface area contributed by atoms with Crippen LogP contribution in [0.5, 0.6) is 5.75 Å². The highest BCUT2D eigenvalue weighted by Crippen LogP contribution is 2.31. The van der Waals surface area contributed by atoms with Crippen LogP contribution in [0.3, 0.4) is 0 Å². The van der Waals surface area contributed by atoms with Crippen LogP contribution >= 0.6 is 31.9 Å². The van der Waals surface area contributed by atoms with Crippen LogP contribution in [0.2, 0.25) is 0 Å². The molecule has 1 rings (SSSR count). The third-order valence-corrected chi connectivity index (χ3v) is 5.13. The lowest BCUT2D eigenvalue weighted by Crippen LogP contribution is -2.03. The molecule has 0 aliphatic heterocycles. The predicted octanol–water partition coefficient (Wildman–Crippen LogP) is 5.33. The molecule has 0 saturated carbocycles. The Labute approximate surface area is 121 Å². The summed E-state index contributed by atoms with van der Waals surface area (Å²) in [7, 11) is 0. The Kier molecular flexibility index (Phi) is 6.57. The number of benzene rings is 1. The molecule has 1 nitrogen and oxygen atoms in total. The van der Waals surface area contributed by atoms with E-state index in [4.69, 9.17) is 4.74 Å². The van der Waals surface area contributed by atoms with Gasteiger partial charge < -0.3 is 4.74 Å². The predicted molar refractivity (Wildman–Crippen MR) is 81.4 cm³/mol. The van der Waals surface area contributed by atoms with Crippen LogP contribution in [0.15, 0.2) is 24.3 Å². The maximum Gasteiger partial charge on any atom is 0.119 e. The molecule has 96 valence electrons. The Morgan fingerprint density at radius 2 is 1.65 bits per heavy atom. The molecule has 1 aromatic rings. The largest absolute Gasteiger partial charge is 0.494 e. The average molecular weight is 364 g/mol. The number of ether oxygens (including phenoxy) is 1. The Balaban J connectivity index is 2.50. The van der Waals surface area contributed by atoms with Gasteiger partial charge in [0.2, 0.25) is 0 Å². The molecular formula is C14H20Br2O. The van der Waals surface area contributed by atoms with Crippen LogP contribution in [0, 0.1) is 5.92 Å². The number of hydrogen-bond donors (Lipinski definition) is 0. The molecular weight excluding hydrogens is 344 g/mol. The van der Waals surface area contributed by atoms with Crippen molar-refractivity contribution in [2.45, 2.75) is 36.8 Å². The molecule has 2 atom stereocenters. The van der Waals surface area contributed by atoms with E-state index in [0.717, 1.165) is 18.8 Å². The minimum absolute atomic E-state index is 0.340. The normalized spacial score (nSPS) is 14.7. The number of rotatable bonds is 6. The van der Waals surface area contributed by atoms with Crippen molar-refractivity contribution < 1.29 is 4.74 Å². The lowest BCUT2D eigenvalue weighted by atomic mass is 10.1. The van der Waals surface area contributed by atoms with E-state index >= 15 is 0 Å². The van der Waals surface area contributed by atoms with Gasteiger partial charge in [0.05, 0.1) is 11.4 Å². The van der Waals surface area contributed by atoms with Crippen LogP contribution < -0.4 is 4.74 Å². The van der Waals surface area contributed by atoms with Gasteiger partial charge in [0.25, 0.3) is 0 Å². The van der Waals surface area contributed by atoms with Crippen LogP contribution in [-0.4, -0.2) is 11.4 Å². The molecule has 0 spiro atoms. The average Bonchev–Trinajstić information content (AvgIpc) is 2.28. The topological polar surface area (TPSA) is 9.23 Å². The molecule has 0 saturated heterocycles.